The SMILES string of the molecule is CC(=O)OC[C@H]1O[C@H](O)[C@H](OC(C)=O)[C@@H](O[C@@H]2O[C@H](COC(C)=O)[C@@H](OC(C)=O)[C@H](OC(C)=O)[C@H]2OC(C)=O)[C@@H]1OC(C)=O. The Kier molecular flexibility index (Phi) is 13.4. The van der Waals surface area contributed by atoms with Crippen molar-refractivity contribution in [1.82, 2.24) is 0 Å². The topological polar surface area (TPSA) is 232 Å². The molecule has 0 saturated carbocycles. The monoisotopic (exact) mass is 636 g/mol. The smallest absolute Gasteiger partial charge is 0.303 e. The van der Waals surface area contributed by atoms with Gasteiger partial charge in [-0.15, -0.1) is 0 Å². The Morgan fingerprint density at radius 1 is 0.477 bits per heavy atom. The average Bonchev–Trinajstić information content (AvgIpc) is 2.87. The van der Waals surface area contributed by atoms with E-state index in [4.69, 9.17) is 47.4 Å². The zero-order valence-electron chi connectivity index (χ0n) is 25.1. The third-order valence-electron chi connectivity index (χ3n) is 5.90. The van der Waals surface area contributed by atoms with Gasteiger partial charge in [0.15, 0.2) is 43.1 Å². The second-order valence-electron chi connectivity index (χ2n) is 9.68. The van der Waals surface area contributed by atoms with Crippen LogP contribution in [0.1, 0.15) is 48.5 Å². The molecule has 0 unspecified atom stereocenters. The van der Waals surface area contributed by atoms with Gasteiger partial charge in [0.25, 0.3) is 0 Å². The summed E-state index contributed by atoms with van der Waals surface area (Å²) in [6.45, 7) is 6.13. The van der Waals surface area contributed by atoms with Gasteiger partial charge in [-0.05, 0) is 0 Å². The zero-order valence-corrected chi connectivity index (χ0v) is 25.1. The Hall–Kier alpha value is -3.87. The third-order valence-corrected chi connectivity index (χ3v) is 5.90. The van der Waals surface area contributed by atoms with Crippen molar-refractivity contribution in [3.63, 3.8) is 0 Å². The van der Waals surface area contributed by atoms with Crippen molar-refractivity contribution in [3.8, 4) is 0 Å². The molecule has 18 nitrogen and oxygen atoms in total. The predicted molar refractivity (Wildman–Crippen MR) is 135 cm³/mol. The molecule has 0 spiro atoms. The summed E-state index contributed by atoms with van der Waals surface area (Å²) in [4.78, 5) is 83.5. The molecule has 1 N–H and O–H groups in total. The summed E-state index contributed by atoms with van der Waals surface area (Å²) < 4.78 is 54.0. The lowest BCUT2D eigenvalue weighted by Crippen LogP contribution is -2.67. The minimum Gasteiger partial charge on any atom is -0.463 e. The van der Waals surface area contributed by atoms with E-state index in [2.05, 4.69) is 0 Å². The molecule has 2 rings (SSSR count). The van der Waals surface area contributed by atoms with Crippen LogP contribution in [0, 0.1) is 0 Å². The van der Waals surface area contributed by atoms with Crippen LogP contribution < -0.4 is 0 Å². The highest BCUT2D eigenvalue weighted by atomic mass is 16.8. The normalized spacial score (nSPS) is 31.5. The Labute approximate surface area is 251 Å². The number of ether oxygens (including phenoxy) is 10. The first kappa shape index (κ1) is 36.3. The Balaban J connectivity index is 2.66. The first-order chi connectivity index (χ1) is 20.5. The zero-order chi connectivity index (χ0) is 33.3. The number of aliphatic hydroxyl groups is 1. The third kappa shape index (κ3) is 10.7. The van der Waals surface area contributed by atoms with E-state index in [1.807, 2.05) is 0 Å². The van der Waals surface area contributed by atoms with Crippen molar-refractivity contribution < 1.29 is 86.0 Å². The Morgan fingerprint density at radius 3 is 1.27 bits per heavy atom. The summed E-state index contributed by atoms with van der Waals surface area (Å²) >= 11 is 0. The van der Waals surface area contributed by atoms with E-state index in [1.54, 1.807) is 0 Å². The van der Waals surface area contributed by atoms with Gasteiger partial charge in [0.2, 0.25) is 0 Å². The molecule has 0 bridgehead atoms. The van der Waals surface area contributed by atoms with Crippen LogP contribution in [0.4, 0.5) is 0 Å². The highest BCUT2D eigenvalue weighted by Gasteiger charge is 2.57. The molecule has 44 heavy (non-hydrogen) atoms. The molecule has 0 aromatic carbocycles. The predicted octanol–water partition coefficient (Wildman–Crippen LogP) is -1.40. The summed E-state index contributed by atoms with van der Waals surface area (Å²) in [7, 11) is 0. The summed E-state index contributed by atoms with van der Waals surface area (Å²) in [5.41, 5.74) is 0. The van der Waals surface area contributed by atoms with E-state index in [1.165, 1.54) is 0 Å². The molecule has 0 radical (unpaired) electrons. The van der Waals surface area contributed by atoms with Gasteiger partial charge >= 0.3 is 41.8 Å². The fraction of sp³-hybridized carbons (Fsp3) is 0.731. The van der Waals surface area contributed by atoms with Crippen molar-refractivity contribution in [2.24, 2.45) is 0 Å². The number of carbonyl (C=O) groups excluding carboxylic acids is 7. The standard InChI is InChI=1S/C26H36O18/c1-10(27)35-8-17-19(37-12(3)29)21(23(25(34)42-17)40-15(6)32)44-26-24(41-16(7)33)22(39-14(5)31)20(38-13(4)30)18(43-26)9-36-11(2)28/h17-26,34H,8-9H2,1-7H3/t17-,18-,19-,20-,21+,22+,23-,24-,25+,26+/m1/s1. The van der Waals surface area contributed by atoms with Crippen molar-refractivity contribution in [2.45, 2.75) is 110 Å². The lowest BCUT2D eigenvalue weighted by Gasteiger charge is -2.48. The number of hydrogen-bond donors (Lipinski definition) is 1. The van der Waals surface area contributed by atoms with Gasteiger partial charge in [-0.1, -0.05) is 0 Å². The highest BCUT2D eigenvalue weighted by Crippen LogP contribution is 2.35. The lowest BCUT2D eigenvalue weighted by atomic mass is 9.96. The number of rotatable bonds is 11. The van der Waals surface area contributed by atoms with E-state index in [9.17, 15) is 38.7 Å². The van der Waals surface area contributed by atoms with Crippen molar-refractivity contribution in [1.29, 1.82) is 0 Å². The lowest BCUT2D eigenvalue weighted by molar-refractivity contribution is -0.357. The number of hydrogen-bond acceptors (Lipinski definition) is 18. The van der Waals surface area contributed by atoms with Crippen LogP contribution in [0.25, 0.3) is 0 Å². The summed E-state index contributed by atoms with van der Waals surface area (Å²) in [6.07, 6.45) is -16.4. The maximum Gasteiger partial charge on any atom is 0.303 e. The fourth-order valence-electron chi connectivity index (χ4n) is 4.49. The number of aliphatic hydroxyl groups excluding tert-OH is 1. The molecule has 0 aromatic rings. The molecule has 2 heterocycles. The Bertz CT molecular complexity index is 1090. The largest absolute Gasteiger partial charge is 0.463 e. The molecular formula is C26H36O18. The minimum absolute atomic E-state index is 0.560. The van der Waals surface area contributed by atoms with E-state index in [0.29, 0.717) is 0 Å². The second-order valence-corrected chi connectivity index (χ2v) is 9.68. The van der Waals surface area contributed by atoms with Crippen LogP contribution in [0.2, 0.25) is 0 Å². The summed E-state index contributed by atoms with van der Waals surface area (Å²) in [6, 6.07) is 0. The number of carbonyl (C=O) groups is 7. The molecule has 18 heteroatoms. The van der Waals surface area contributed by atoms with Crippen LogP contribution in [0.5, 0.6) is 0 Å². The quantitative estimate of drug-likeness (QED) is 0.203. The van der Waals surface area contributed by atoms with Gasteiger partial charge in [0.05, 0.1) is 0 Å². The molecule has 0 aliphatic carbocycles. The molecular weight excluding hydrogens is 600 g/mol. The fourth-order valence-corrected chi connectivity index (χ4v) is 4.49. The van der Waals surface area contributed by atoms with E-state index >= 15 is 0 Å². The second kappa shape index (κ2) is 16.3. The molecule has 10 atom stereocenters. The van der Waals surface area contributed by atoms with Gasteiger partial charge in [0, 0.05) is 48.5 Å². The molecule has 0 aromatic heterocycles. The van der Waals surface area contributed by atoms with Crippen LogP contribution >= 0.6 is 0 Å². The molecule has 2 aliphatic heterocycles. The van der Waals surface area contributed by atoms with Crippen LogP contribution in [0.15, 0.2) is 0 Å². The van der Waals surface area contributed by atoms with Gasteiger partial charge < -0.3 is 52.5 Å². The van der Waals surface area contributed by atoms with E-state index in [-0.39, 0.29) is 0 Å². The number of esters is 7. The van der Waals surface area contributed by atoms with E-state index in [0.717, 1.165) is 48.5 Å². The van der Waals surface area contributed by atoms with Gasteiger partial charge in [-0.25, -0.2) is 0 Å². The van der Waals surface area contributed by atoms with Gasteiger partial charge in [-0.2, -0.15) is 0 Å². The van der Waals surface area contributed by atoms with Crippen molar-refractivity contribution in [3.05, 3.63) is 0 Å². The molecule has 248 valence electrons. The Morgan fingerprint density at radius 2 is 0.841 bits per heavy atom. The maximum absolute atomic E-state index is 12.2. The molecule has 2 fully saturated rings. The molecule has 0 amide bonds. The highest BCUT2D eigenvalue weighted by molar-refractivity contribution is 5.69. The maximum atomic E-state index is 12.2. The molecule has 2 aliphatic rings. The van der Waals surface area contributed by atoms with Crippen molar-refractivity contribution >= 4 is 41.8 Å². The van der Waals surface area contributed by atoms with Crippen LogP contribution in [-0.4, -0.2) is 122 Å². The van der Waals surface area contributed by atoms with Gasteiger partial charge in [-0.3, -0.25) is 33.6 Å². The first-order valence-electron chi connectivity index (χ1n) is 13.3. The van der Waals surface area contributed by atoms with E-state index < -0.39 is 116 Å². The average molecular weight is 637 g/mol. The van der Waals surface area contributed by atoms with Crippen molar-refractivity contribution in [2.75, 3.05) is 13.2 Å². The first-order valence-corrected chi connectivity index (χ1v) is 13.3. The van der Waals surface area contributed by atoms with Crippen LogP contribution in [0.3, 0.4) is 0 Å². The van der Waals surface area contributed by atoms with Crippen LogP contribution in [-0.2, 0) is 80.9 Å². The minimum atomic E-state index is -1.94. The molecule has 2 saturated heterocycles. The van der Waals surface area contributed by atoms with Gasteiger partial charge in [0.1, 0.15) is 31.5 Å². The summed E-state index contributed by atoms with van der Waals surface area (Å²) in [5, 5.41) is 10.8. The summed E-state index contributed by atoms with van der Waals surface area (Å²) in [5.74, 6) is -6.03.